The average Bonchev–Trinajstić information content (AvgIpc) is 3.30. The van der Waals surface area contributed by atoms with E-state index < -0.39 is 28.6 Å². The van der Waals surface area contributed by atoms with Gasteiger partial charge in [0, 0.05) is 12.2 Å². The maximum atomic E-state index is 13.2. The minimum Gasteiger partial charge on any atom is -0.363 e. The minimum atomic E-state index is -4.60. The van der Waals surface area contributed by atoms with Crippen LogP contribution in [0.25, 0.3) is 11.3 Å². The van der Waals surface area contributed by atoms with Crippen LogP contribution in [0.2, 0.25) is 5.02 Å². The third-order valence-electron chi connectivity index (χ3n) is 4.78. The summed E-state index contributed by atoms with van der Waals surface area (Å²) in [6.07, 6.45) is -1.80. The zero-order valence-electron chi connectivity index (χ0n) is 15.4. The molecule has 156 valence electrons. The number of amides is 2. The van der Waals surface area contributed by atoms with Crippen molar-refractivity contribution in [2.24, 2.45) is 5.73 Å². The molecule has 3 aromatic rings. The number of nitrogens with two attached hydrogens (primary N) is 1. The van der Waals surface area contributed by atoms with Crippen LogP contribution in [0.5, 0.6) is 0 Å². The van der Waals surface area contributed by atoms with Crippen molar-refractivity contribution in [2.75, 3.05) is 11.4 Å². The summed E-state index contributed by atoms with van der Waals surface area (Å²) in [6.45, 7) is 2.00. The van der Waals surface area contributed by atoms with E-state index in [1.165, 1.54) is 28.0 Å². The van der Waals surface area contributed by atoms with Gasteiger partial charge in [-0.2, -0.15) is 18.3 Å². The van der Waals surface area contributed by atoms with Gasteiger partial charge >= 0.3 is 6.18 Å². The summed E-state index contributed by atoms with van der Waals surface area (Å²) >= 11 is 5.82. The molecule has 1 aliphatic rings. The summed E-state index contributed by atoms with van der Waals surface area (Å²) in [5.41, 5.74) is 5.39. The monoisotopic (exact) mass is 438 g/mol. The predicted molar refractivity (Wildman–Crippen MR) is 101 cm³/mol. The number of carbonyl (C=O) groups is 2. The van der Waals surface area contributed by atoms with Crippen LogP contribution in [0.4, 0.5) is 18.9 Å². The maximum absolute atomic E-state index is 13.2. The van der Waals surface area contributed by atoms with E-state index in [0.29, 0.717) is 11.3 Å². The van der Waals surface area contributed by atoms with Crippen molar-refractivity contribution >= 4 is 29.1 Å². The number of hydrogen-bond donors (Lipinski definition) is 2. The lowest BCUT2D eigenvalue weighted by Gasteiger charge is -2.32. The van der Waals surface area contributed by atoms with Gasteiger partial charge in [0.1, 0.15) is 5.69 Å². The van der Waals surface area contributed by atoms with Crippen LogP contribution in [-0.2, 0) is 6.18 Å². The van der Waals surface area contributed by atoms with Crippen LogP contribution in [-0.4, -0.2) is 38.1 Å². The van der Waals surface area contributed by atoms with Gasteiger partial charge in [-0.25, -0.2) is 4.98 Å². The van der Waals surface area contributed by atoms with Crippen molar-refractivity contribution < 1.29 is 22.8 Å². The number of rotatable bonds is 3. The molecule has 0 fully saturated rings. The van der Waals surface area contributed by atoms with Crippen molar-refractivity contribution in [1.82, 2.24) is 19.7 Å². The molecule has 0 spiro atoms. The number of benzene rings is 1. The molecule has 30 heavy (non-hydrogen) atoms. The molecule has 0 aliphatic carbocycles. The number of fused-ring (bicyclic) bond motifs is 1. The van der Waals surface area contributed by atoms with E-state index >= 15 is 0 Å². The van der Waals surface area contributed by atoms with E-state index in [0.717, 1.165) is 12.1 Å². The highest BCUT2D eigenvalue weighted by molar-refractivity contribution is 6.31. The Morgan fingerprint density at radius 3 is 2.67 bits per heavy atom. The molecule has 3 heterocycles. The van der Waals surface area contributed by atoms with Crippen LogP contribution in [0, 0.1) is 0 Å². The topological polar surface area (TPSA) is 110 Å². The summed E-state index contributed by atoms with van der Waals surface area (Å²) in [4.78, 5) is 32.5. The number of nitrogens with zero attached hydrogens (tertiary/aromatic N) is 4. The molecule has 0 bridgehead atoms. The molecular formula is C18H14ClF3N6O2. The number of imidazole rings is 1. The van der Waals surface area contributed by atoms with E-state index in [4.69, 9.17) is 17.3 Å². The van der Waals surface area contributed by atoms with Gasteiger partial charge in [-0.1, -0.05) is 11.6 Å². The Labute approximate surface area is 172 Å². The first-order chi connectivity index (χ1) is 14.1. The second-order valence-corrected chi connectivity index (χ2v) is 7.20. The van der Waals surface area contributed by atoms with Crippen molar-refractivity contribution in [1.29, 1.82) is 0 Å². The number of aromatic nitrogens is 4. The fourth-order valence-corrected chi connectivity index (χ4v) is 3.65. The van der Waals surface area contributed by atoms with E-state index in [-0.39, 0.29) is 29.8 Å². The molecule has 8 nitrogen and oxygen atoms in total. The fourth-order valence-electron chi connectivity index (χ4n) is 3.37. The minimum absolute atomic E-state index is 0.0763. The lowest BCUT2D eigenvalue weighted by molar-refractivity contribution is -0.137. The summed E-state index contributed by atoms with van der Waals surface area (Å²) in [5, 5.41) is 3.74. The molecule has 2 aromatic heterocycles. The summed E-state index contributed by atoms with van der Waals surface area (Å²) in [5.74, 6) is -1.32. The van der Waals surface area contributed by atoms with Gasteiger partial charge in [0.2, 0.25) is 0 Å². The first-order valence-electron chi connectivity index (χ1n) is 8.69. The SMILES string of the molecule is CC1CN(c2ccc(C(F)(F)F)c(Cl)c2)C(=O)c2c(-c3cnc(C(N)=O)[nH]3)cnn21. The third-order valence-corrected chi connectivity index (χ3v) is 5.09. The van der Waals surface area contributed by atoms with E-state index in [1.54, 1.807) is 0 Å². The molecule has 4 rings (SSSR count). The number of nitrogens with one attached hydrogen (secondary N) is 1. The van der Waals surface area contributed by atoms with Gasteiger partial charge < -0.3 is 15.6 Å². The highest BCUT2D eigenvalue weighted by Crippen LogP contribution is 2.38. The van der Waals surface area contributed by atoms with E-state index in [9.17, 15) is 22.8 Å². The lowest BCUT2D eigenvalue weighted by atomic mass is 10.1. The van der Waals surface area contributed by atoms with Gasteiger partial charge in [-0.3, -0.25) is 14.3 Å². The Hall–Kier alpha value is -3.34. The molecule has 2 amide bonds. The van der Waals surface area contributed by atoms with Crippen LogP contribution in [0.1, 0.15) is 39.6 Å². The third kappa shape index (κ3) is 3.20. The maximum Gasteiger partial charge on any atom is 0.417 e. The zero-order valence-corrected chi connectivity index (χ0v) is 16.1. The zero-order chi connectivity index (χ0) is 21.8. The van der Waals surface area contributed by atoms with Gasteiger partial charge in [0.05, 0.1) is 40.3 Å². The highest BCUT2D eigenvalue weighted by atomic mass is 35.5. The number of anilines is 1. The van der Waals surface area contributed by atoms with Gasteiger partial charge in [0.25, 0.3) is 11.8 Å². The van der Waals surface area contributed by atoms with Crippen LogP contribution in [0.15, 0.2) is 30.6 Å². The molecule has 0 saturated heterocycles. The Morgan fingerprint density at radius 1 is 1.33 bits per heavy atom. The second-order valence-electron chi connectivity index (χ2n) is 6.79. The second kappa shape index (κ2) is 6.87. The largest absolute Gasteiger partial charge is 0.417 e. The Bertz CT molecular complexity index is 1170. The molecule has 0 radical (unpaired) electrons. The van der Waals surface area contributed by atoms with Gasteiger partial charge in [-0.05, 0) is 25.1 Å². The summed E-state index contributed by atoms with van der Waals surface area (Å²) in [7, 11) is 0. The number of carbonyl (C=O) groups excluding carboxylic acids is 2. The molecule has 3 N–H and O–H groups in total. The van der Waals surface area contributed by atoms with E-state index in [1.807, 2.05) is 6.92 Å². The van der Waals surface area contributed by atoms with Crippen molar-refractivity contribution in [2.45, 2.75) is 19.1 Å². The smallest absolute Gasteiger partial charge is 0.363 e. The molecule has 1 atom stereocenters. The lowest BCUT2D eigenvalue weighted by Crippen LogP contribution is -2.42. The fraction of sp³-hybridized carbons (Fsp3) is 0.222. The van der Waals surface area contributed by atoms with E-state index in [2.05, 4.69) is 15.1 Å². The van der Waals surface area contributed by atoms with Crippen LogP contribution >= 0.6 is 11.6 Å². The van der Waals surface area contributed by atoms with Crippen molar-refractivity contribution in [3.05, 3.63) is 52.7 Å². The molecule has 1 aromatic carbocycles. The number of aromatic amines is 1. The Balaban J connectivity index is 1.75. The van der Waals surface area contributed by atoms with Crippen molar-refractivity contribution in [3.8, 4) is 11.3 Å². The number of hydrogen-bond acceptors (Lipinski definition) is 4. The van der Waals surface area contributed by atoms with Crippen LogP contribution in [0.3, 0.4) is 0 Å². The predicted octanol–water partition coefficient (Wildman–Crippen LogP) is 3.27. The molecule has 1 unspecified atom stereocenters. The standard InChI is InChI=1S/C18H14ClF3N6O2/c1-8-7-27(9-2-3-11(12(19)4-9)18(20,21)22)17(30)14-10(5-25-28(8)14)13-6-24-16(26-13)15(23)29/h2-6,8H,7H2,1H3,(H2,23,29)(H,24,26). The summed E-state index contributed by atoms with van der Waals surface area (Å²) < 4.78 is 40.5. The first kappa shape index (κ1) is 20.0. The van der Waals surface area contributed by atoms with Crippen LogP contribution < -0.4 is 10.6 Å². The molecule has 0 saturated carbocycles. The average molecular weight is 439 g/mol. The molecule has 1 aliphatic heterocycles. The number of halogens is 4. The number of H-pyrrole nitrogens is 1. The van der Waals surface area contributed by atoms with Crippen molar-refractivity contribution in [3.63, 3.8) is 0 Å². The number of primary amides is 1. The first-order valence-corrected chi connectivity index (χ1v) is 9.07. The van der Waals surface area contributed by atoms with Gasteiger partial charge in [-0.15, -0.1) is 0 Å². The Morgan fingerprint density at radius 2 is 2.07 bits per heavy atom. The molecule has 12 heteroatoms. The van der Waals surface area contributed by atoms with Gasteiger partial charge in [0.15, 0.2) is 5.82 Å². The highest BCUT2D eigenvalue weighted by Gasteiger charge is 2.36. The Kier molecular flexibility index (Phi) is 4.57. The summed E-state index contributed by atoms with van der Waals surface area (Å²) in [6, 6.07) is 2.89. The molecular weight excluding hydrogens is 425 g/mol. The normalized spacial score (nSPS) is 16.6. The quantitative estimate of drug-likeness (QED) is 0.653. The number of alkyl halides is 3.